The van der Waals surface area contributed by atoms with Gasteiger partial charge in [-0.15, -0.1) is 0 Å². The molecule has 0 aliphatic carbocycles. The first-order chi connectivity index (χ1) is 14.2. The molecule has 3 N–H and O–H groups in total. The number of aromatic nitrogens is 5. The third-order valence-corrected chi connectivity index (χ3v) is 4.83. The van der Waals surface area contributed by atoms with E-state index in [1.807, 2.05) is 43.3 Å². The fourth-order valence-electron chi connectivity index (χ4n) is 3.35. The molecule has 7 nitrogen and oxygen atoms in total. The molecule has 0 radical (unpaired) electrons. The van der Waals surface area contributed by atoms with Gasteiger partial charge in [-0.1, -0.05) is 25.1 Å². The summed E-state index contributed by atoms with van der Waals surface area (Å²) in [5.41, 5.74) is 6.59. The number of rotatable bonds is 4. The maximum atomic E-state index is 11.7. The predicted molar refractivity (Wildman–Crippen MR) is 113 cm³/mol. The van der Waals surface area contributed by atoms with Crippen LogP contribution in [0, 0.1) is 0 Å². The van der Waals surface area contributed by atoms with Crippen LogP contribution in [0.1, 0.15) is 13.3 Å². The van der Waals surface area contributed by atoms with Crippen molar-refractivity contribution in [1.82, 2.24) is 25.1 Å². The van der Waals surface area contributed by atoms with Gasteiger partial charge in [-0.3, -0.25) is 14.9 Å². The van der Waals surface area contributed by atoms with Crippen LogP contribution in [0.5, 0.6) is 0 Å². The van der Waals surface area contributed by atoms with Crippen molar-refractivity contribution in [1.29, 1.82) is 0 Å². The van der Waals surface area contributed by atoms with Crippen molar-refractivity contribution in [3.05, 3.63) is 60.9 Å². The summed E-state index contributed by atoms with van der Waals surface area (Å²) in [5, 5.41) is 11.5. The highest BCUT2D eigenvalue weighted by molar-refractivity contribution is 5.94. The van der Waals surface area contributed by atoms with Crippen LogP contribution in [0.25, 0.3) is 44.6 Å². The monoisotopic (exact) mass is 382 g/mol. The van der Waals surface area contributed by atoms with E-state index in [-0.39, 0.29) is 5.91 Å². The zero-order chi connectivity index (χ0) is 19.8. The number of fused-ring (bicyclic) bond motifs is 2. The summed E-state index contributed by atoms with van der Waals surface area (Å²) in [6.07, 6.45) is 3.78. The van der Waals surface area contributed by atoms with Crippen molar-refractivity contribution in [2.75, 3.05) is 5.32 Å². The van der Waals surface area contributed by atoms with Gasteiger partial charge in [-0.05, 0) is 30.3 Å². The van der Waals surface area contributed by atoms with Crippen LogP contribution < -0.4 is 5.32 Å². The normalized spacial score (nSPS) is 11.2. The summed E-state index contributed by atoms with van der Waals surface area (Å²) in [6.45, 7) is 1.81. The van der Waals surface area contributed by atoms with Gasteiger partial charge in [0.05, 0.1) is 28.8 Å². The minimum absolute atomic E-state index is 0.0525. The number of pyridine rings is 2. The van der Waals surface area contributed by atoms with Gasteiger partial charge in [0.15, 0.2) is 0 Å². The molecule has 5 rings (SSSR count). The molecule has 5 aromatic rings. The fourth-order valence-corrected chi connectivity index (χ4v) is 3.35. The van der Waals surface area contributed by atoms with Crippen molar-refractivity contribution < 1.29 is 4.79 Å². The maximum absolute atomic E-state index is 11.7. The molecule has 0 aliphatic heterocycles. The molecule has 0 spiro atoms. The van der Waals surface area contributed by atoms with E-state index in [4.69, 9.17) is 4.98 Å². The molecule has 0 bridgehead atoms. The molecule has 0 aliphatic rings. The first-order valence-electron chi connectivity index (χ1n) is 9.40. The Labute approximate surface area is 166 Å². The van der Waals surface area contributed by atoms with Crippen LogP contribution in [0.2, 0.25) is 0 Å². The molecule has 0 atom stereocenters. The number of carbonyl (C=O) groups excluding carboxylic acids is 1. The molecule has 0 saturated heterocycles. The number of amides is 1. The lowest BCUT2D eigenvalue weighted by Crippen LogP contribution is -2.09. The first kappa shape index (κ1) is 17.1. The number of H-pyrrole nitrogens is 2. The number of hydrogen-bond acceptors (Lipinski definition) is 4. The predicted octanol–water partition coefficient (Wildman–Crippen LogP) is 4.52. The van der Waals surface area contributed by atoms with Crippen LogP contribution in [0.15, 0.2) is 60.9 Å². The smallest absolute Gasteiger partial charge is 0.224 e. The lowest BCUT2D eigenvalue weighted by molar-refractivity contribution is -0.115. The van der Waals surface area contributed by atoms with Crippen LogP contribution in [-0.4, -0.2) is 31.1 Å². The van der Waals surface area contributed by atoms with E-state index in [2.05, 4.69) is 37.6 Å². The molecular weight excluding hydrogens is 364 g/mol. The van der Waals surface area contributed by atoms with Crippen LogP contribution >= 0.6 is 0 Å². The highest BCUT2D eigenvalue weighted by Gasteiger charge is 2.14. The number of nitrogens with zero attached hydrogens (tertiary/aromatic N) is 3. The summed E-state index contributed by atoms with van der Waals surface area (Å²) in [4.78, 5) is 24.1. The molecule has 7 heteroatoms. The Balaban J connectivity index is 1.58. The van der Waals surface area contributed by atoms with Crippen molar-refractivity contribution >= 4 is 33.5 Å². The van der Waals surface area contributed by atoms with Gasteiger partial charge in [-0.25, -0.2) is 4.98 Å². The van der Waals surface area contributed by atoms with Gasteiger partial charge in [0, 0.05) is 29.1 Å². The number of nitrogens with one attached hydrogen (secondary N) is 3. The highest BCUT2D eigenvalue weighted by Crippen LogP contribution is 2.29. The molecule has 4 heterocycles. The number of hydrogen-bond donors (Lipinski definition) is 3. The second kappa shape index (κ2) is 6.87. The zero-order valence-electron chi connectivity index (χ0n) is 15.7. The molecule has 29 heavy (non-hydrogen) atoms. The number of aromatic amines is 2. The molecule has 142 valence electrons. The van der Waals surface area contributed by atoms with Gasteiger partial charge in [0.2, 0.25) is 5.91 Å². The average Bonchev–Trinajstić information content (AvgIpc) is 3.37. The van der Waals surface area contributed by atoms with E-state index in [0.717, 1.165) is 44.6 Å². The third-order valence-electron chi connectivity index (χ3n) is 4.83. The fraction of sp³-hybridized carbons (Fsp3) is 0.0909. The van der Waals surface area contributed by atoms with Gasteiger partial charge >= 0.3 is 0 Å². The second-order valence-electron chi connectivity index (χ2n) is 6.80. The Morgan fingerprint density at radius 1 is 1.07 bits per heavy atom. The lowest BCUT2D eigenvalue weighted by Gasteiger charge is -2.06. The Morgan fingerprint density at radius 2 is 1.97 bits per heavy atom. The summed E-state index contributed by atoms with van der Waals surface area (Å²) in [6, 6.07) is 15.9. The largest absolute Gasteiger partial charge is 0.353 e. The zero-order valence-corrected chi connectivity index (χ0v) is 15.7. The molecule has 1 aromatic carbocycles. The summed E-state index contributed by atoms with van der Waals surface area (Å²) < 4.78 is 0. The Bertz CT molecular complexity index is 1320. The Kier molecular flexibility index (Phi) is 4.05. The number of para-hydroxylation sites is 1. The van der Waals surface area contributed by atoms with Crippen molar-refractivity contribution in [2.45, 2.75) is 13.3 Å². The first-order valence-corrected chi connectivity index (χ1v) is 9.40. The van der Waals surface area contributed by atoms with Gasteiger partial charge in [-0.2, -0.15) is 5.10 Å². The van der Waals surface area contributed by atoms with Gasteiger partial charge in [0.25, 0.3) is 0 Å². The third kappa shape index (κ3) is 3.12. The number of carbonyl (C=O) groups is 1. The number of benzene rings is 1. The SMILES string of the molecule is CCC(=O)Nc1cncc(-c2ccc3[nH]nc(-c4cc5ccccc5[nH]4)c3n2)c1. The lowest BCUT2D eigenvalue weighted by atomic mass is 10.1. The molecule has 0 saturated carbocycles. The van der Waals surface area contributed by atoms with Crippen molar-refractivity contribution in [2.24, 2.45) is 0 Å². The van der Waals surface area contributed by atoms with E-state index >= 15 is 0 Å². The van der Waals surface area contributed by atoms with E-state index < -0.39 is 0 Å². The van der Waals surface area contributed by atoms with Crippen molar-refractivity contribution in [3.8, 4) is 22.6 Å². The number of anilines is 1. The Hall–Kier alpha value is -4.00. The average molecular weight is 382 g/mol. The highest BCUT2D eigenvalue weighted by atomic mass is 16.1. The van der Waals surface area contributed by atoms with Crippen LogP contribution in [-0.2, 0) is 4.79 Å². The molecule has 1 amide bonds. The van der Waals surface area contributed by atoms with Gasteiger partial charge in [0.1, 0.15) is 11.2 Å². The Morgan fingerprint density at radius 3 is 2.83 bits per heavy atom. The van der Waals surface area contributed by atoms with E-state index in [9.17, 15) is 4.79 Å². The van der Waals surface area contributed by atoms with E-state index in [1.54, 1.807) is 12.4 Å². The minimum Gasteiger partial charge on any atom is -0.353 e. The quantitative estimate of drug-likeness (QED) is 0.426. The van der Waals surface area contributed by atoms with Crippen molar-refractivity contribution in [3.63, 3.8) is 0 Å². The summed E-state index contributed by atoms with van der Waals surface area (Å²) in [5.74, 6) is -0.0525. The van der Waals surface area contributed by atoms with E-state index in [1.165, 1.54) is 0 Å². The molecule has 4 aromatic heterocycles. The topological polar surface area (TPSA) is 99.4 Å². The maximum Gasteiger partial charge on any atom is 0.224 e. The minimum atomic E-state index is -0.0525. The van der Waals surface area contributed by atoms with Gasteiger partial charge < -0.3 is 10.3 Å². The van der Waals surface area contributed by atoms with Crippen LogP contribution in [0.3, 0.4) is 0 Å². The molecule has 0 unspecified atom stereocenters. The molecule has 0 fully saturated rings. The second-order valence-corrected chi connectivity index (χ2v) is 6.80. The van der Waals surface area contributed by atoms with E-state index in [0.29, 0.717) is 12.1 Å². The summed E-state index contributed by atoms with van der Waals surface area (Å²) in [7, 11) is 0. The van der Waals surface area contributed by atoms with Crippen LogP contribution in [0.4, 0.5) is 5.69 Å². The molecular formula is C22H18N6O. The summed E-state index contributed by atoms with van der Waals surface area (Å²) >= 11 is 0. The standard InChI is InChI=1S/C22H18N6O/c1-2-20(29)24-15-9-14(11-23-12-15)17-7-8-18-21(26-17)22(28-27-18)19-10-13-5-3-4-6-16(13)25-19/h3-12,25H,2H2,1H3,(H,24,29)(H,27,28).